The number of ether oxygens (including phenoxy) is 8. The Hall–Kier alpha value is -1.82. The Balaban J connectivity index is 1.23. The lowest BCUT2D eigenvalue weighted by atomic mass is 9.72. The standard InChI is InChI=1S/C35H56O23/c36-8-20-25(45)27(47)30(50)34(56-20)53-12-4-15(38)13-6-19(31(54-18(13)5-12)11-1-2-14(37)16(39)3-11)55-35-32(58-33-29(49)24(44)17(40)9-52-33)28(48)26(46)21(57-35)10-51-23(43)7-22(41)42/h11-21,24-40,44-50H,1-10H2,(H,41,42)/t11?,12?,13?,14?,15?,16?,17-,18?,19?,20-,21-,24+,25-,26-,27+,28+,29-,30-,31?,32-,33+,34-,35-/m1/s1. The predicted octanol–water partition coefficient (Wildman–Crippen LogP) is -6.70. The van der Waals surface area contributed by atoms with Crippen molar-refractivity contribution < 1.29 is 114 Å². The number of carboxylic acid groups (broad SMARTS) is 1. The highest BCUT2D eigenvalue weighted by Gasteiger charge is 2.55. The van der Waals surface area contributed by atoms with Gasteiger partial charge in [0.2, 0.25) is 0 Å². The first-order valence-corrected chi connectivity index (χ1v) is 19.5. The Morgan fingerprint density at radius 3 is 1.98 bits per heavy atom. The fourth-order valence-electron chi connectivity index (χ4n) is 8.74. The van der Waals surface area contributed by atoms with Crippen LogP contribution < -0.4 is 0 Å². The molecular formula is C35H56O23. The molecule has 58 heavy (non-hydrogen) atoms. The lowest BCUT2D eigenvalue weighted by Gasteiger charge is -2.52. The lowest BCUT2D eigenvalue weighted by Crippen LogP contribution is -2.65. The average Bonchev–Trinajstić information content (AvgIpc) is 3.18. The summed E-state index contributed by atoms with van der Waals surface area (Å²) in [4.78, 5) is 23.1. The van der Waals surface area contributed by atoms with Crippen LogP contribution in [-0.4, -0.2) is 227 Å². The van der Waals surface area contributed by atoms with Crippen LogP contribution in [0, 0.1) is 11.8 Å². The Morgan fingerprint density at radius 2 is 1.29 bits per heavy atom. The number of aliphatic hydroxyl groups excluding tert-OH is 12. The molecule has 9 unspecified atom stereocenters. The minimum atomic E-state index is -1.93. The molecule has 6 aliphatic rings. The fourth-order valence-corrected chi connectivity index (χ4v) is 8.74. The van der Waals surface area contributed by atoms with E-state index in [-0.39, 0.29) is 32.1 Å². The number of rotatable bonds is 12. The van der Waals surface area contributed by atoms with Gasteiger partial charge >= 0.3 is 11.9 Å². The number of carboxylic acids is 1. The van der Waals surface area contributed by atoms with Gasteiger partial charge in [-0.1, -0.05) is 0 Å². The molecule has 6 fully saturated rings. The van der Waals surface area contributed by atoms with Crippen molar-refractivity contribution >= 4 is 11.9 Å². The fraction of sp³-hybridized carbons (Fsp3) is 0.943. The third-order valence-corrected chi connectivity index (χ3v) is 12.0. The van der Waals surface area contributed by atoms with E-state index >= 15 is 0 Å². The third-order valence-electron chi connectivity index (χ3n) is 12.0. The maximum atomic E-state index is 12.1. The van der Waals surface area contributed by atoms with Crippen LogP contribution in [0.4, 0.5) is 0 Å². The molecule has 23 nitrogen and oxygen atoms in total. The Morgan fingerprint density at radius 1 is 0.603 bits per heavy atom. The van der Waals surface area contributed by atoms with Gasteiger partial charge in [0.05, 0.1) is 55.9 Å². The van der Waals surface area contributed by atoms with Gasteiger partial charge in [0, 0.05) is 18.8 Å². The van der Waals surface area contributed by atoms with Gasteiger partial charge in [0.25, 0.3) is 0 Å². The maximum Gasteiger partial charge on any atom is 0.317 e. The summed E-state index contributed by atoms with van der Waals surface area (Å²) in [5.74, 6) is -3.81. The topological polar surface area (TPSA) is 371 Å². The Bertz CT molecular complexity index is 1360. The molecule has 334 valence electrons. The Labute approximate surface area is 331 Å². The van der Waals surface area contributed by atoms with Crippen molar-refractivity contribution in [3.63, 3.8) is 0 Å². The molecule has 23 atom stereocenters. The van der Waals surface area contributed by atoms with E-state index in [1.165, 1.54) is 0 Å². The summed E-state index contributed by atoms with van der Waals surface area (Å²) in [6.07, 6.45) is -30.4. The van der Waals surface area contributed by atoms with Gasteiger partial charge in [0.1, 0.15) is 80.2 Å². The van der Waals surface area contributed by atoms with E-state index in [2.05, 4.69) is 0 Å². The maximum absolute atomic E-state index is 12.1. The largest absolute Gasteiger partial charge is 0.481 e. The minimum absolute atomic E-state index is 0.0310. The SMILES string of the molecule is O=C(O)CC(=O)OC[C@H]1O[C@@H](OC2CC3C(O)CC(O[C@@H]4O[C@H](CO)[C@@H](O)[C@H](O)[C@H]4O)CC3OC2C2CCC(O)C(O)C2)[C@H](O[C@@H]2OC[C@@H](O)[C@H](O)[C@H]2O)[C@@H](O)[C@@H]1O. The molecule has 2 saturated carbocycles. The summed E-state index contributed by atoms with van der Waals surface area (Å²) < 4.78 is 46.7. The minimum Gasteiger partial charge on any atom is -0.481 e. The molecule has 0 aromatic rings. The number of aliphatic carboxylic acids is 1. The highest BCUT2D eigenvalue weighted by atomic mass is 16.8. The third kappa shape index (κ3) is 10.1. The van der Waals surface area contributed by atoms with Crippen molar-refractivity contribution in [2.24, 2.45) is 11.8 Å². The van der Waals surface area contributed by atoms with Crippen molar-refractivity contribution in [1.29, 1.82) is 0 Å². The van der Waals surface area contributed by atoms with Crippen molar-refractivity contribution in [2.75, 3.05) is 19.8 Å². The molecule has 4 saturated heterocycles. The monoisotopic (exact) mass is 844 g/mol. The highest BCUT2D eigenvalue weighted by Crippen LogP contribution is 2.45. The summed E-state index contributed by atoms with van der Waals surface area (Å²) in [6.45, 7) is -1.92. The molecule has 0 spiro atoms. The molecule has 0 aromatic heterocycles. The first kappa shape index (κ1) is 45.7. The van der Waals surface area contributed by atoms with Crippen LogP contribution in [0.2, 0.25) is 0 Å². The zero-order valence-electron chi connectivity index (χ0n) is 31.2. The van der Waals surface area contributed by atoms with Crippen LogP contribution >= 0.6 is 0 Å². The molecule has 6 rings (SSSR count). The highest BCUT2D eigenvalue weighted by molar-refractivity contribution is 5.90. The van der Waals surface area contributed by atoms with Crippen LogP contribution in [0.5, 0.6) is 0 Å². The molecule has 13 N–H and O–H groups in total. The molecule has 0 amide bonds. The van der Waals surface area contributed by atoms with Crippen LogP contribution in [0.25, 0.3) is 0 Å². The summed E-state index contributed by atoms with van der Waals surface area (Å²) >= 11 is 0. The van der Waals surface area contributed by atoms with Gasteiger partial charge in [-0.25, -0.2) is 0 Å². The molecule has 0 bridgehead atoms. The Kier molecular flexibility index (Phi) is 15.4. The average molecular weight is 845 g/mol. The number of carbonyl (C=O) groups is 2. The summed E-state index contributed by atoms with van der Waals surface area (Å²) in [6, 6.07) is 0. The molecule has 0 radical (unpaired) electrons. The molecule has 23 heteroatoms. The summed E-state index contributed by atoms with van der Waals surface area (Å²) in [5, 5.41) is 135. The van der Waals surface area contributed by atoms with Crippen molar-refractivity contribution in [2.45, 2.75) is 174 Å². The lowest BCUT2D eigenvalue weighted by molar-refractivity contribution is -0.372. The number of fused-ring (bicyclic) bond motifs is 1. The number of hydrogen-bond donors (Lipinski definition) is 13. The number of carbonyl (C=O) groups excluding carboxylic acids is 1. The molecule has 4 heterocycles. The van der Waals surface area contributed by atoms with E-state index in [0.29, 0.717) is 6.42 Å². The van der Waals surface area contributed by atoms with Crippen LogP contribution in [0.15, 0.2) is 0 Å². The van der Waals surface area contributed by atoms with Gasteiger partial charge < -0.3 is 104 Å². The van der Waals surface area contributed by atoms with E-state index in [4.69, 9.17) is 43.0 Å². The smallest absolute Gasteiger partial charge is 0.317 e. The van der Waals surface area contributed by atoms with Gasteiger partial charge in [0.15, 0.2) is 18.9 Å². The molecule has 0 aromatic carbocycles. The zero-order valence-corrected chi connectivity index (χ0v) is 31.2. The molecular weight excluding hydrogens is 788 g/mol. The summed E-state index contributed by atoms with van der Waals surface area (Å²) in [5.41, 5.74) is 0. The summed E-state index contributed by atoms with van der Waals surface area (Å²) in [7, 11) is 0. The zero-order chi connectivity index (χ0) is 42.2. The van der Waals surface area contributed by atoms with Crippen LogP contribution in [0.1, 0.15) is 44.9 Å². The van der Waals surface area contributed by atoms with E-state index in [1.54, 1.807) is 0 Å². The first-order chi connectivity index (χ1) is 27.5. The van der Waals surface area contributed by atoms with E-state index < -0.39 is 179 Å². The number of esters is 1. The van der Waals surface area contributed by atoms with E-state index in [1.807, 2.05) is 0 Å². The van der Waals surface area contributed by atoms with Crippen LogP contribution in [0.3, 0.4) is 0 Å². The quantitative estimate of drug-likeness (QED) is 0.0641. The predicted molar refractivity (Wildman–Crippen MR) is 181 cm³/mol. The van der Waals surface area contributed by atoms with Gasteiger partial charge in [-0.3, -0.25) is 9.59 Å². The first-order valence-electron chi connectivity index (χ1n) is 19.5. The van der Waals surface area contributed by atoms with Crippen molar-refractivity contribution in [3.8, 4) is 0 Å². The van der Waals surface area contributed by atoms with Gasteiger partial charge in [-0.15, -0.1) is 0 Å². The van der Waals surface area contributed by atoms with E-state index in [0.717, 1.165) is 0 Å². The van der Waals surface area contributed by atoms with Crippen molar-refractivity contribution in [1.82, 2.24) is 0 Å². The molecule has 4 aliphatic heterocycles. The van der Waals surface area contributed by atoms with Gasteiger partial charge in [-0.2, -0.15) is 0 Å². The van der Waals surface area contributed by atoms with Crippen LogP contribution in [-0.2, 0) is 47.5 Å². The second-order valence-corrected chi connectivity index (χ2v) is 16.0. The second-order valence-electron chi connectivity index (χ2n) is 16.0. The van der Waals surface area contributed by atoms with E-state index in [9.17, 15) is 70.9 Å². The van der Waals surface area contributed by atoms with Gasteiger partial charge in [-0.05, 0) is 31.6 Å². The number of hydrogen-bond acceptors (Lipinski definition) is 22. The second kappa shape index (κ2) is 19.5. The normalized spacial score (nSPS) is 50.1. The van der Waals surface area contributed by atoms with Crippen molar-refractivity contribution in [3.05, 3.63) is 0 Å². The number of aliphatic hydroxyl groups is 12. The molecule has 2 aliphatic carbocycles.